The van der Waals surface area contributed by atoms with Crippen molar-refractivity contribution in [3.8, 4) is 6.07 Å². The summed E-state index contributed by atoms with van der Waals surface area (Å²) in [6.07, 6.45) is 20.1. The minimum Gasteiger partial charge on any atom is -0.368 e. The number of rotatable bonds is 6. The second kappa shape index (κ2) is 13.0. The van der Waals surface area contributed by atoms with Gasteiger partial charge in [-0.25, -0.2) is 8.42 Å². The Morgan fingerprint density at radius 1 is 0.942 bits per heavy atom. The molecule has 1 aliphatic heterocycles. The fourth-order valence-electron chi connectivity index (χ4n) is 8.82. The number of anilines is 1. The average Bonchev–Trinajstić information content (AvgIpc) is 4.03. The summed E-state index contributed by atoms with van der Waals surface area (Å²) in [7, 11) is -3.37. The second-order valence-electron chi connectivity index (χ2n) is 15.4. The van der Waals surface area contributed by atoms with E-state index in [-0.39, 0.29) is 5.92 Å². The molecule has 264 valence electrons. The summed E-state index contributed by atoms with van der Waals surface area (Å²) in [5.74, 6) is 1.98. The summed E-state index contributed by atoms with van der Waals surface area (Å²) >= 11 is 0. The molecule has 6 aliphatic rings. The van der Waals surface area contributed by atoms with E-state index >= 15 is 0 Å². The zero-order chi connectivity index (χ0) is 35.6. The number of carbonyl (C=O) groups is 1. The maximum atomic E-state index is 13.1. The number of fused-ring (bicyclic) bond motifs is 5. The molecule has 4 aromatic rings. The zero-order valence-electron chi connectivity index (χ0n) is 29.4. The minimum atomic E-state index is -3.37. The van der Waals surface area contributed by atoms with Crippen LogP contribution in [0.5, 0.6) is 0 Å². The van der Waals surface area contributed by atoms with Crippen LogP contribution in [-0.4, -0.2) is 60.1 Å². The van der Waals surface area contributed by atoms with Gasteiger partial charge in [0.15, 0.2) is 9.84 Å². The van der Waals surface area contributed by atoms with Crippen molar-refractivity contribution < 1.29 is 13.2 Å². The van der Waals surface area contributed by atoms with Crippen LogP contribution in [0, 0.1) is 23.2 Å². The Bertz CT molecular complexity index is 2340. The summed E-state index contributed by atoms with van der Waals surface area (Å²) in [6.45, 7) is 6.27. The maximum absolute atomic E-state index is 13.1. The van der Waals surface area contributed by atoms with Gasteiger partial charge < -0.3 is 9.80 Å². The third-order valence-electron chi connectivity index (χ3n) is 12.1. The number of hydrogen-bond acceptors (Lipinski definition) is 7. The number of nitrogens with zero attached hydrogens (tertiary/aromatic N) is 5. The van der Waals surface area contributed by atoms with Gasteiger partial charge in [0.25, 0.3) is 0 Å². The van der Waals surface area contributed by atoms with Crippen LogP contribution in [0.15, 0.2) is 84.8 Å². The average molecular weight is 710 g/mol. The van der Waals surface area contributed by atoms with Crippen molar-refractivity contribution >= 4 is 48.5 Å². The fraction of sp³-hybridized carbons (Fsp3) is 0.395. The monoisotopic (exact) mass is 709 g/mol. The Kier molecular flexibility index (Phi) is 8.26. The number of pyridine rings is 2. The van der Waals surface area contributed by atoms with Crippen LogP contribution < -0.4 is 4.90 Å². The Morgan fingerprint density at radius 2 is 1.77 bits per heavy atom. The van der Waals surface area contributed by atoms with Gasteiger partial charge >= 0.3 is 0 Å². The quantitative estimate of drug-likeness (QED) is 0.203. The summed E-state index contributed by atoms with van der Waals surface area (Å²) in [6, 6.07) is 13.6. The molecule has 1 unspecified atom stereocenters. The van der Waals surface area contributed by atoms with Crippen molar-refractivity contribution in [3.63, 3.8) is 0 Å². The molecule has 52 heavy (non-hydrogen) atoms. The van der Waals surface area contributed by atoms with E-state index in [1.54, 1.807) is 24.8 Å². The van der Waals surface area contributed by atoms with Gasteiger partial charge in [0, 0.05) is 72.2 Å². The molecule has 3 heterocycles. The third-order valence-corrected chi connectivity index (χ3v) is 13.8. The number of nitriles is 1. The van der Waals surface area contributed by atoms with Crippen LogP contribution in [0.25, 0.3) is 27.1 Å². The van der Waals surface area contributed by atoms with Gasteiger partial charge in [-0.3, -0.25) is 14.8 Å². The molecular weight excluding hydrogens is 667 g/mol. The van der Waals surface area contributed by atoms with Gasteiger partial charge in [-0.2, -0.15) is 5.26 Å². The molecule has 1 amide bonds. The highest BCUT2D eigenvalue weighted by atomic mass is 32.2. The van der Waals surface area contributed by atoms with Crippen LogP contribution in [0.3, 0.4) is 0 Å². The summed E-state index contributed by atoms with van der Waals surface area (Å²) < 4.78 is 25.7. The molecule has 0 N–H and O–H groups in total. The summed E-state index contributed by atoms with van der Waals surface area (Å²) in [5, 5.41) is 13.9. The zero-order valence-corrected chi connectivity index (χ0v) is 30.2. The van der Waals surface area contributed by atoms with Crippen LogP contribution in [0.1, 0.15) is 79.5 Å². The molecule has 8 nitrogen and oxygen atoms in total. The Morgan fingerprint density at radius 3 is 2.52 bits per heavy atom. The topological polar surface area (TPSA) is 107 Å². The van der Waals surface area contributed by atoms with Crippen LogP contribution in [0.2, 0.25) is 0 Å². The van der Waals surface area contributed by atoms with Crippen LogP contribution in [-0.2, 0) is 21.1 Å². The minimum absolute atomic E-state index is 0.288. The van der Waals surface area contributed by atoms with E-state index in [2.05, 4.69) is 62.8 Å². The molecular formula is C43H43N5O3S. The number of aromatic nitrogens is 2. The first-order chi connectivity index (χ1) is 25.3. The van der Waals surface area contributed by atoms with E-state index in [1.807, 2.05) is 12.1 Å². The van der Waals surface area contributed by atoms with Gasteiger partial charge in [0.05, 0.1) is 16.9 Å². The molecule has 0 bridgehead atoms. The normalized spacial score (nSPS) is 22.7. The van der Waals surface area contributed by atoms with Gasteiger partial charge in [-0.15, -0.1) is 0 Å². The number of aryl methyl sites for hydroxylation is 1. The van der Waals surface area contributed by atoms with Crippen LogP contribution in [0.4, 0.5) is 5.69 Å². The van der Waals surface area contributed by atoms with Crippen molar-refractivity contribution in [2.24, 2.45) is 11.8 Å². The van der Waals surface area contributed by atoms with Crippen molar-refractivity contribution in [1.29, 1.82) is 5.26 Å². The van der Waals surface area contributed by atoms with E-state index in [4.69, 9.17) is 5.26 Å². The number of hydrogen-bond donors (Lipinski definition) is 0. The first-order valence-electron chi connectivity index (χ1n) is 18.8. The van der Waals surface area contributed by atoms with Crippen molar-refractivity contribution in [2.75, 3.05) is 24.5 Å². The first-order valence-corrected chi connectivity index (χ1v) is 20.4. The molecule has 2 aromatic heterocycles. The van der Waals surface area contributed by atoms with Crippen molar-refractivity contribution in [1.82, 2.24) is 14.9 Å². The number of sulfone groups is 1. The highest BCUT2D eigenvalue weighted by molar-refractivity contribution is 7.95. The molecule has 5 aliphatic carbocycles. The lowest BCUT2D eigenvalue weighted by atomic mass is 9.78. The predicted molar refractivity (Wildman–Crippen MR) is 205 cm³/mol. The van der Waals surface area contributed by atoms with Crippen molar-refractivity contribution in [3.05, 3.63) is 107 Å². The highest BCUT2D eigenvalue weighted by Gasteiger charge is 2.44. The van der Waals surface area contributed by atoms with E-state index in [1.165, 1.54) is 58.8 Å². The highest BCUT2D eigenvalue weighted by Crippen LogP contribution is 2.49. The number of amides is 1. The van der Waals surface area contributed by atoms with Gasteiger partial charge in [0.1, 0.15) is 6.07 Å². The van der Waals surface area contributed by atoms with Gasteiger partial charge in [-0.1, -0.05) is 30.9 Å². The smallest absolute Gasteiger partial charge is 0.226 e. The molecule has 2 atom stereocenters. The van der Waals surface area contributed by atoms with E-state index < -0.39 is 15.1 Å². The Labute approximate surface area is 305 Å². The maximum Gasteiger partial charge on any atom is 0.226 e. The molecule has 3 saturated carbocycles. The molecule has 10 rings (SSSR count). The predicted octanol–water partition coefficient (Wildman–Crippen LogP) is 7.64. The number of allylic oxidation sites excluding steroid dienone is 3. The third kappa shape index (κ3) is 6.01. The second-order valence-corrected chi connectivity index (χ2v) is 17.5. The number of benzene rings is 2. The fourth-order valence-corrected chi connectivity index (χ4v) is 10.1. The van der Waals surface area contributed by atoms with Crippen molar-refractivity contribution in [2.45, 2.75) is 75.0 Å². The number of piperazine rings is 1. The number of carbonyl (C=O) groups excluding carboxylic acids is 1. The SMILES string of the molecule is C=CS(=O)(=O)[C@@H]1CC=CC2=C1CCc1c2ccc2c(C3CC3)cc(N3CCN(C(=O)C4CC4)C(C4CC4)C3)cc12.N#Cc1cncc2cnccc12. The lowest BCUT2D eigenvalue weighted by Crippen LogP contribution is -2.56. The Balaban J connectivity index is 0.000000254. The largest absolute Gasteiger partial charge is 0.368 e. The molecule has 1 saturated heterocycles. The lowest BCUT2D eigenvalue weighted by molar-refractivity contribution is -0.135. The van der Waals surface area contributed by atoms with Gasteiger partial charge in [0.2, 0.25) is 5.91 Å². The summed E-state index contributed by atoms with van der Waals surface area (Å²) in [4.78, 5) is 25.8. The standard InChI is InChI=1S/C34H38N2O3S.C9H5N3/c1-2-40(38,39)33-5-3-4-25-26-12-13-28-30(21-6-7-21)18-24(19-31(28)27(26)14-15-29(25)33)35-16-17-36(34(37)23-10-11-23)32(20-35)22-8-9-22;10-3-7-4-12-6-8-5-11-2-1-9(7)8/h2-4,12-13,18-19,21-23,32-33H,1,5-11,14-17,20H2;1-2,4-6H/t32?,33-;/m1./s1. The van der Waals surface area contributed by atoms with E-state index in [0.717, 1.165) is 72.6 Å². The van der Waals surface area contributed by atoms with E-state index in [9.17, 15) is 13.2 Å². The van der Waals surface area contributed by atoms with E-state index in [0.29, 0.717) is 35.8 Å². The molecule has 2 aromatic carbocycles. The summed E-state index contributed by atoms with van der Waals surface area (Å²) in [5.41, 5.74) is 8.08. The van der Waals surface area contributed by atoms with Crippen LogP contribution >= 0.6 is 0 Å². The molecule has 0 radical (unpaired) electrons. The van der Waals surface area contributed by atoms with Gasteiger partial charge in [-0.05, 0) is 126 Å². The first kappa shape index (κ1) is 33.1. The Hall–Kier alpha value is -4.81. The molecule has 9 heteroatoms. The molecule has 0 spiro atoms. The lowest BCUT2D eigenvalue weighted by Gasteiger charge is -2.43. The molecule has 4 fully saturated rings.